The monoisotopic (exact) mass is 338 g/mol. The maximum absolute atomic E-state index is 11.0. The molecule has 0 radical (unpaired) electrons. The van der Waals surface area contributed by atoms with E-state index in [0.717, 1.165) is 24.3 Å². The van der Waals surface area contributed by atoms with Crippen molar-refractivity contribution in [2.24, 2.45) is 0 Å². The molecule has 0 saturated carbocycles. The highest BCUT2D eigenvalue weighted by Gasteiger charge is 2.50. The highest BCUT2D eigenvalue weighted by Crippen LogP contribution is 2.32. The van der Waals surface area contributed by atoms with Gasteiger partial charge in [-0.2, -0.15) is 0 Å². The number of unbranched alkanes of at least 4 members (excludes halogenated alkanes) is 2. The largest absolute Gasteiger partial charge is 0.547 e. The standard InChI is InChI=1S/C7H7NO4.C6H13Cl2N/c9-4-1-3-2-5(10)8(3)6(4)7(11)12;7-6(8)4-2-1-3-5-9/h3,6H,1-2H2,(H,11,12);6H,1-5,9H2. The number of halogens is 2. The Bertz CT molecular complexity index is 404. The summed E-state index contributed by atoms with van der Waals surface area (Å²) in [5, 5.41) is 10.4. The highest BCUT2D eigenvalue weighted by molar-refractivity contribution is 6.44. The van der Waals surface area contributed by atoms with Crippen LogP contribution in [0.5, 0.6) is 0 Å². The summed E-state index contributed by atoms with van der Waals surface area (Å²) in [6.45, 7) is 1.02. The summed E-state index contributed by atoms with van der Waals surface area (Å²) in [6, 6.07) is -1.48. The second kappa shape index (κ2) is 8.56. The predicted molar refractivity (Wildman–Crippen MR) is 75.4 cm³/mol. The number of carboxylic acid groups (broad SMARTS) is 1. The minimum atomic E-state index is -1.46. The Morgan fingerprint density at radius 1 is 1.29 bits per heavy atom. The molecule has 2 aliphatic heterocycles. The number of nitrogens with zero attached hydrogens (tertiary/aromatic N) is 1. The van der Waals surface area contributed by atoms with Crippen LogP contribution in [0.1, 0.15) is 38.5 Å². The van der Waals surface area contributed by atoms with E-state index in [2.05, 4.69) is 5.73 Å². The summed E-state index contributed by atoms with van der Waals surface area (Å²) in [5.74, 6) is -2.14. The van der Waals surface area contributed by atoms with E-state index >= 15 is 0 Å². The molecule has 2 unspecified atom stereocenters. The van der Waals surface area contributed by atoms with Gasteiger partial charge in [0.2, 0.25) is 5.91 Å². The van der Waals surface area contributed by atoms with Gasteiger partial charge in [0.15, 0.2) is 5.78 Å². The Labute approximate surface area is 133 Å². The third kappa shape index (κ3) is 5.13. The van der Waals surface area contributed by atoms with Crippen LogP contribution in [0.15, 0.2) is 0 Å². The van der Waals surface area contributed by atoms with Crippen molar-refractivity contribution < 1.29 is 25.2 Å². The van der Waals surface area contributed by atoms with Crippen molar-refractivity contribution in [3.8, 4) is 0 Å². The molecular formula is C13H20Cl2N2O4. The Kier molecular flexibility index (Phi) is 7.42. The van der Waals surface area contributed by atoms with Crippen LogP contribution in [0.25, 0.3) is 0 Å². The van der Waals surface area contributed by atoms with Crippen LogP contribution < -0.4 is 10.8 Å². The number of carbonyl (C=O) groups excluding carboxylic acids is 3. The minimum absolute atomic E-state index is 0.171. The van der Waals surface area contributed by atoms with Gasteiger partial charge in [-0.15, -0.1) is 23.2 Å². The van der Waals surface area contributed by atoms with Gasteiger partial charge in [-0.25, -0.2) is 0 Å². The second-order valence-electron chi connectivity index (χ2n) is 5.14. The summed E-state index contributed by atoms with van der Waals surface area (Å²) < 4.78 is 0. The minimum Gasteiger partial charge on any atom is -0.547 e. The van der Waals surface area contributed by atoms with Gasteiger partial charge in [0.05, 0.1) is 12.5 Å². The van der Waals surface area contributed by atoms with E-state index in [-0.39, 0.29) is 23.2 Å². The maximum atomic E-state index is 11.0. The van der Waals surface area contributed by atoms with Gasteiger partial charge < -0.3 is 20.5 Å². The quantitative estimate of drug-likeness (QED) is 0.298. The highest BCUT2D eigenvalue weighted by atomic mass is 35.5. The van der Waals surface area contributed by atoms with Crippen LogP contribution in [-0.2, 0) is 14.4 Å². The number of quaternary nitrogens is 1. The molecule has 2 fully saturated rings. The molecule has 120 valence electrons. The average molecular weight is 339 g/mol. The van der Waals surface area contributed by atoms with E-state index in [1.54, 1.807) is 0 Å². The fourth-order valence-corrected chi connectivity index (χ4v) is 2.73. The predicted octanol–water partition coefficient (Wildman–Crippen LogP) is -0.729. The number of hydrogen-bond acceptors (Lipinski definition) is 4. The van der Waals surface area contributed by atoms with Gasteiger partial charge >= 0.3 is 0 Å². The van der Waals surface area contributed by atoms with E-state index in [1.165, 1.54) is 12.8 Å². The summed E-state index contributed by atoms with van der Waals surface area (Å²) >= 11 is 11.0. The molecule has 0 aromatic carbocycles. The molecule has 0 aromatic heterocycles. The van der Waals surface area contributed by atoms with Gasteiger partial charge in [-0.05, 0) is 19.3 Å². The molecule has 0 aliphatic carbocycles. The molecule has 2 rings (SSSR count). The van der Waals surface area contributed by atoms with Gasteiger partial charge in [0.25, 0.3) is 0 Å². The zero-order valence-corrected chi connectivity index (χ0v) is 13.2. The number of carboxylic acids is 1. The lowest BCUT2D eigenvalue weighted by Gasteiger charge is -2.37. The number of fused-ring (bicyclic) bond motifs is 1. The molecular weight excluding hydrogens is 319 g/mol. The number of aliphatic carboxylic acids is 1. The molecule has 2 heterocycles. The van der Waals surface area contributed by atoms with Crippen LogP contribution in [0, 0.1) is 0 Å². The van der Waals surface area contributed by atoms with Gasteiger partial charge in [-0.3, -0.25) is 9.59 Å². The lowest BCUT2D eigenvalue weighted by atomic mass is 10.0. The Hall–Kier alpha value is -0.850. The zero-order chi connectivity index (χ0) is 16.0. The molecule has 0 spiro atoms. The Morgan fingerprint density at radius 2 is 1.95 bits per heavy atom. The van der Waals surface area contributed by atoms with Crippen molar-refractivity contribution in [2.45, 2.75) is 55.4 Å². The molecule has 2 aliphatic rings. The van der Waals surface area contributed by atoms with E-state index in [0.29, 0.717) is 6.42 Å². The van der Waals surface area contributed by atoms with Gasteiger partial charge in [-0.1, -0.05) is 6.42 Å². The number of carbonyl (C=O) groups is 3. The lowest BCUT2D eigenvalue weighted by molar-refractivity contribution is -0.368. The number of Topliss-reactive ketones (excluding diaryl/α,β-unsaturated/α-hetero) is 1. The van der Waals surface area contributed by atoms with Gasteiger partial charge in [0, 0.05) is 18.9 Å². The van der Waals surface area contributed by atoms with Gasteiger partial charge in [0.1, 0.15) is 10.9 Å². The third-order valence-corrected chi connectivity index (χ3v) is 3.94. The molecule has 0 aromatic rings. The fourth-order valence-electron chi connectivity index (χ4n) is 2.42. The smallest absolute Gasteiger partial charge is 0.225 e. The van der Waals surface area contributed by atoms with Crippen molar-refractivity contribution in [3.05, 3.63) is 0 Å². The molecule has 0 bridgehead atoms. The first-order valence-electron chi connectivity index (χ1n) is 7.00. The molecule has 3 N–H and O–H groups in total. The number of alkyl halides is 2. The van der Waals surface area contributed by atoms with Crippen molar-refractivity contribution in [2.75, 3.05) is 6.54 Å². The summed E-state index contributed by atoms with van der Waals surface area (Å²) in [6.07, 6.45) is 4.93. The third-order valence-electron chi connectivity index (χ3n) is 3.51. The van der Waals surface area contributed by atoms with E-state index in [4.69, 9.17) is 23.2 Å². The van der Waals surface area contributed by atoms with Crippen LogP contribution in [-0.4, -0.2) is 46.0 Å². The Morgan fingerprint density at radius 3 is 2.38 bits per heavy atom. The molecule has 2 atom stereocenters. The lowest BCUT2D eigenvalue weighted by Crippen LogP contribution is -2.58. The van der Waals surface area contributed by atoms with E-state index in [9.17, 15) is 19.5 Å². The summed E-state index contributed by atoms with van der Waals surface area (Å²) in [5.41, 5.74) is 3.74. The normalized spacial score (nSPS) is 23.5. The Balaban J connectivity index is 0.000000222. The molecule has 8 heteroatoms. The summed E-state index contributed by atoms with van der Waals surface area (Å²) in [4.78, 5) is 33.2. The number of ketones is 1. The van der Waals surface area contributed by atoms with Crippen molar-refractivity contribution in [3.63, 3.8) is 0 Å². The summed E-state index contributed by atoms with van der Waals surface area (Å²) in [7, 11) is 0. The van der Waals surface area contributed by atoms with E-state index < -0.39 is 17.8 Å². The zero-order valence-electron chi connectivity index (χ0n) is 11.7. The SMILES string of the molecule is O=C([O-])C1C(=O)CC2CC(=O)N21.[NH3+]CCCCCC(Cl)Cl. The van der Waals surface area contributed by atoms with Crippen LogP contribution in [0.4, 0.5) is 0 Å². The van der Waals surface area contributed by atoms with Crippen LogP contribution >= 0.6 is 23.2 Å². The first-order valence-corrected chi connectivity index (χ1v) is 7.88. The van der Waals surface area contributed by atoms with Crippen LogP contribution in [0.3, 0.4) is 0 Å². The molecule has 2 saturated heterocycles. The number of amides is 1. The van der Waals surface area contributed by atoms with Crippen molar-refractivity contribution >= 4 is 40.9 Å². The first-order chi connectivity index (χ1) is 9.88. The van der Waals surface area contributed by atoms with Crippen molar-refractivity contribution in [1.82, 2.24) is 4.90 Å². The number of hydrogen-bond donors (Lipinski definition) is 1. The van der Waals surface area contributed by atoms with E-state index in [1.807, 2.05) is 0 Å². The number of rotatable bonds is 6. The fraction of sp³-hybridized carbons (Fsp3) is 0.769. The average Bonchev–Trinajstić information content (AvgIpc) is 2.67. The molecule has 1 amide bonds. The number of β-lactam (4-membered cyclic amide) rings is 1. The van der Waals surface area contributed by atoms with Crippen LogP contribution in [0.2, 0.25) is 0 Å². The second-order valence-corrected chi connectivity index (χ2v) is 6.42. The first kappa shape index (κ1) is 18.2. The maximum Gasteiger partial charge on any atom is 0.225 e. The topological polar surface area (TPSA) is 105 Å². The molecule has 6 nitrogen and oxygen atoms in total. The molecule has 21 heavy (non-hydrogen) atoms. The van der Waals surface area contributed by atoms with Crippen molar-refractivity contribution in [1.29, 1.82) is 0 Å².